The molecule has 124 valence electrons. The molecular formula is C17H17F4NO. The Hall–Kier alpha value is -2.08. The molecule has 0 aliphatic heterocycles. The molecule has 0 aliphatic rings. The molecule has 1 atom stereocenters. The third-order valence-corrected chi connectivity index (χ3v) is 3.70. The van der Waals surface area contributed by atoms with Gasteiger partial charge >= 0.3 is 6.18 Å². The predicted octanol–water partition coefficient (Wildman–Crippen LogP) is 4.14. The van der Waals surface area contributed by atoms with Gasteiger partial charge in [0, 0.05) is 5.92 Å². The first kappa shape index (κ1) is 17.3. The molecule has 2 aromatic rings. The third-order valence-electron chi connectivity index (χ3n) is 3.70. The number of hydrogen-bond donors (Lipinski definition) is 1. The SMILES string of the molecule is COc1ccc(C(CN)Cc2ccc(C(F)(F)F)cc2)cc1F. The number of alkyl halides is 3. The number of ether oxygens (including phenoxy) is 1. The Kier molecular flexibility index (Phi) is 5.26. The molecule has 2 aromatic carbocycles. The molecule has 0 spiro atoms. The fraction of sp³-hybridized carbons (Fsp3) is 0.294. The second kappa shape index (κ2) is 7.00. The standard InChI is InChI=1S/C17H17F4NO/c1-23-16-7-4-12(9-15(16)18)13(10-22)8-11-2-5-14(6-3-11)17(19,20)21/h2-7,9,13H,8,10,22H2,1H3. The molecule has 0 fully saturated rings. The van der Waals surface area contributed by atoms with Crippen molar-refractivity contribution >= 4 is 0 Å². The number of methoxy groups -OCH3 is 1. The quantitative estimate of drug-likeness (QED) is 0.838. The summed E-state index contributed by atoms with van der Waals surface area (Å²) in [4.78, 5) is 0. The van der Waals surface area contributed by atoms with E-state index in [4.69, 9.17) is 10.5 Å². The predicted molar refractivity (Wildman–Crippen MR) is 79.9 cm³/mol. The average molecular weight is 327 g/mol. The summed E-state index contributed by atoms with van der Waals surface area (Å²) in [6, 6.07) is 9.50. The van der Waals surface area contributed by atoms with Gasteiger partial charge in [-0.05, 0) is 48.4 Å². The lowest BCUT2D eigenvalue weighted by Gasteiger charge is -2.17. The van der Waals surface area contributed by atoms with Crippen LogP contribution < -0.4 is 10.5 Å². The van der Waals surface area contributed by atoms with E-state index >= 15 is 0 Å². The lowest BCUT2D eigenvalue weighted by molar-refractivity contribution is -0.137. The van der Waals surface area contributed by atoms with Gasteiger partial charge in [0.15, 0.2) is 11.6 Å². The molecule has 0 bridgehead atoms. The maximum Gasteiger partial charge on any atom is 0.416 e. The summed E-state index contributed by atoms with van der Waals surface area (Å²) in [5, 5.41) is 0. The molecule has 0 radical (unpaired) electrons. The Morgan fingerprint density at radius 1 is 1.09 bits per heavy atom. The molecule has 23 heavy (non-hydrogen) atoms. The molecule has 2 rings (SSSR count). The van der Waals surface area contributed by atoms with Crippen molar-refractivity contribution in [3.63, 3.8) is 0 Å². The number of benzene rings is 2. The van der Waals surface area contributed by atoms with E-state index in [1.54, 1.807) is 6.07 Å². The van der Waals surface area contributed by atoms with Crippen LogP contribution in [0.1, 0.15) is 22.6 Å². The summed E-state index contributed by atoms with van der Waals surface area (Å²) >= 11 is 0. The van der Waals surface area contributed by atoms with Crippen molar-refractivity contribution in [1.82, 2.24) is 0 Å². The van der Waals surface area contributed by atoms with E-state index < -0.39 is 17.6 Å². The smallest absolute Gasteiger partial charge is 0.416 e. The minimum atomic E-state index is -4.36. The van der Waals surface area contributed by atoms with Crippen molar-refractivity contribution in [1.29, 1.82) is 0 Å². The topological polar surface area (TPSA) is 35.2 Å². The van der Waals surface area contributed by atoms with Crippen molar-refractivity contribution in [2.75, 3.05) is 13.7 Å². The summed E-state index contributed by atoms with van der Waals surface area (Å²) in [5.74, 6) is -0.540. The summed E-state index contributed by atoms with van der Waals surface area (Å²) in [6.07, 6.45) is -3.93. The Bertz CT molecular complexity index is 653. The molecular weight excluding hydrogens is 310 g/mol. The van der Waals surface area contributed by atoms with Gasteiger partial charge in [-0.3, -0.25) is 0 Å². The van der Waals surface area contributed by atoms with Crippen molar-refractivity contribution in [2.45, 2.75) is 18.5 Å². The van der Waals surface area contributed by atoms with Crippen molar-refractivity contribution in [3.8, 4) is 5.75 Å². The van der Waals surface area contributed by atoms with Gasteiger partial charge in [-0.2, -0.15) is 13.2 Å². The normalized spacial score (nSPS) is 13.0. The van der Waals surface area contributed by atoms with Crippen LogP contribution in [-0.4, -0.2) is 13.7 Å². The highest BCUT2D eigenvalue weighted by molar-refractivity contribution is 5.33. The zero-order valence-electron chi connectivity index (χ0n) is 12.5. The Labute approximate surface area is 131 Å². The van der Waals surface area contributed by atoms with E-state index in [1.807, 2.05) is 0 Å². The average Bonchev–Trinajstić information content (AvgIpc) is 2.52. The second-order valence-corrected chi connectivity index (χ2v) is 5.23. The van der Waals surface area contributed by atoms with Gasteiger partial charge in [-0.15, -0.1) is 0 Å². The Balaban J connectivity index is 2.17. The zero-order chi connectivity index (χ0) is 17.0. The highest BCUT2D eigenvalue weighted by Crippen LogP contribution is 2.30. The lowest BCUT2D eigenvalue weighted by Crippen LogP contribution is -2.15. The number of halogens is 4. The molecule has 6 heteroatoms. The summed E-state index contributed by atoms with van der Waals surface area (Å²) < 4.78 is 56.3. The summed E-state index contributed by atoms with van der Waals surface area (Å²) in [6.45, 7) is 0.257. The van der Waals surface area contributed by atoms with E-state index in [-0.39, 0.29) is 18.2 Å². The highest BCUT2D eigenvalue weighted by Gasteiger charge is 2.30. The molecule has 0 heterocycles. The molecule has 0 saturated carbocycles. The molecule has 1 unspecified atom stereocenters. The minimum absolute atomic E-state index is 0.138. The number of hydrogen-bond acceptors (Lipinski definition) is 2. The molecule has 0 aromatic heterocycles. The second-order valence-electron chi connectivity index (χ2n) is 5.23. The van der Waals surface area contributed by atoms with Crippen molar-refractivity contribution in [3.05, 3.63) is 65.0 Å². The van der Waals surface area contributed by atoms with E-state index in [1.165, 1.54) is 31.4 Å². The number of nitrogens with two attached hydrogens (primary N) is 1. The maximum atomic E-state index is 13.8. The fourth-order valence-corrected chi connectivity index (χ4v) is 2.39. The van der Waals surface area contributed by atoms with Crippen molar-refractivity contribution in [2.24, 2.45) is 5.73 Å². The first-order chi connectivity index (χ1) is 10.8. The van der Waals surface area contributed by atoms with Gasteiger partial charge < -0.3 is 10.5 Å². The van der Waals surface area contributed by atoms with Gasteiger partial charge in [0.1, 0.15) is 0 Å². The largest absolute Gasteiger partial charge is 0.494 e. The lowest BCUT2D eigenvalue weighted by atomic mass is 9.91. The van der Waals surface area contributed by atoms with Gasteiger partial charge in [-0.1, -0.05) is 18.2 Å². The molecule has 2 nitrogen and oxygen atoms in total. The molecule has 2 N–H and O–H groups in total. The maximum absolute atomic E-state index is 13.8. The highest BCUT2D eigenvalue weighted by atomic mass is 19.4. The molecule has 0 saturated heterocycles. The van der Waals surface area contributed by atoms with Crippen LogP contribution >= 0.6 is 0 Å². The molecule has 0 amide bonds. The van der Waals surface area contributed by atoms with E-state index in [9.17, 15) is 17.6 Å². The van der Waals surface area contributed by atoms with Gasteiger partial charge in [0.05, 0.1) is 12.7 Å². The fourth-order valence-electron chi connectivity index (χ4n) is 2.39. The zero-order valence-corrected chi connectivity index (χ0v) is 12.5. The van der Waals surface area contributed by atoms with Crippen LogP contribution in [0.25, 0.3) is 0 Å². The monoisotopic (exact) mass is 327 g/mol. The first-order valence-corrected chi connectivity index (χ1v) is 7.04. The summed E-state index contributed by atoms with van der Waals surface area (Å²) in [7, 11) is 1.38. The summed E-state index contributed by atoms with van der Waals surface area (Å²) in [5.41, 5.74) is 6.44. The van der Waals surface area contributed by atoms with Crippen LogP contribution in [0.2, 0.25) is 0 Å². The van der Waals surface area contributed by atoms with Gasteiger partial charge in [-0.25, -0.2) is 4.39 Å². The van der Waals surface area contributed by atoms with Crippen LogP contribution in [0.5, 0.6) is 5.75 Å². The minimum Gasteiger partial charge on any atom is -0.494 e. The Morgan fingerprint density at radius 3 is 2.22 bits per heavy atom. The van der Waals surface area contributed by atoms with Gasteiger partial charge in [0.25, 0.3) is 0 Å². The van der Waals surface area contributed by atoms with Crippen LogP contribution in [0, 0.1) is 5.82 Å². The third kappa shape index (κ3) is 4.22. The van der Waals surface area contributed by atoms with Crippen LogP contribution in [0.3, 0.4) is 0 Å². The van der Waals surface area contributed by atoms with Crippen molar-refractivity contribution < 1.29 is 22.3 Å². The van der Waals surface area contributed by atoms with Crippen LogP contribution in [0.15, 0.2) is 42.5 Å². The van der Waals surface area contributed by atoms with Crippen LogP contribution in [0.4, 0.5) is 17.6 Å². The first-order valence-electron chi connectivity index (χ1n) is 7.04. The Morgan fingerprint density at radius 2 is 1.74 bits per heavy atom. The van der Waals surface area contributed by atoms with Crippen LogP contribution in [-0.2, 0) is 12.6 Å². The molecule has 0 aliphatic carbocycles. The van der Waals surface area contributed by atoms with Gasteiger partial charge in [0.2, 0.25) is 0 Å². The van der Waals surface area contributed by atoms with E-state index in [2.05, 4.69) is 0 Å². The van der Waals surface area contributed by atoms with E-state index in [0.29, 0.717) is 17.5 Å². The number of rotatable bonds is 5. The van der Waals surface area contributed by atoms with E-state index in [0.717, 1.165) is 12.1 Å².